The molecule has 170 valence electrons. The Kier molecular flexibility index (Phi) is 7.98. The first-order chi connectivity index (χ1) is 15.3. The number of pyridine rings is 1. The van der Waals surface area contributed by atoms with Crippen molar-refractivity contribution in [1.29, 1.82) is 0 Å². The molecule has 0 aliphatic heterocycles. The molecule has 0 fully saturated rings. The van der Waals surface area contributed by atoms with E-state index in [4.69, 9.17) is 4.74 Å². The average Bonchev–Trinajstić information content (AvgIpc) is 3.25. The van der Waals surface area contributed by atoms with E-state index in [-0.39, 0.29) is 5.75 Å². The van der Waals surface area contributed by atoms with Crippen LogP contribution in [0.25, 0.3) is 11.3 Å². The van der Waals surface area contributed by atoms with Gasteiger partial charge in [0.15, 0.2) is 6.20 Å². The zero-order chi connectivity index (χ0) is 23.0. The summed E-state index contributed by atoms with van der Waals surface area (Å²) in [6.07, 6.45) is 3.14. The molecule has 0 saturated heterocycles. The number of imidazole rings is 1. The van der Waals surface area contributed by atoms with Crippen molar-refractivity contribution in [1.82, 2.24) is 14.3 Å². The summed E-state index contributed by atoms with van der Waals surface area (Å²) in [6.45, 7) is 2.85. The predicted molar refractivity (Wildman–Crippen MR) is 112 cm³/mol. The molecule has 2 heterocycles. The van der Waals surface area contributed by atoms with Crippen LogP contribution in [0.5, 0.6) is 5.75 Å². The Morgan fingerprint density at radius 2 is 2.12 bits per heavy atom. The van der Waals surface area contributed by atoms with Crippen LogP contribution in [0, 0.1) is 0 Å². The summed E-state index contributed by atoms with van der Waals surface area (Å²) >= 11 is 0.949. The number of carbonyl (C=O) groups excluding carboxylic acids is 1. The van der Waals surface area contributed by atoms with Gasteiger partial charge in [-0.25, -0.2) is 14.8 Å². The van der Waals surface area contributed by atoms with Gasteiger partial charge >= 0.3 is 12.5 Å². The first-order valence-corrected chi connectivity index (χ1v) is 10.6. The molecule has 7 nitrogen and oxygen atoms in total. The van der Waals surface area contributed by atoms with Crippen molar-refractivity contribution in [2.45, 2.75) is 37.6 Å². The first-order valence-electron chi connectivity index (χ1n) is 9.80. The highest BCUT2D eigenvalue weighted by atomic mass is 32.2. The number of aromatic nitrogens is 3. The van der Waals surface area contributed by atoms with Crippen LogP contribution in [0.15, 0.2) is 60.1 Å². The van der Waals surface area contributed by atoms with E-state index in [2.05, 4.69) is 19.4 Å². The van der Waals surface area contributed by atoms with Crippen LogP contribution in [0.4, 0.5) is 18.0 Å². The average molecular weight is 467 g/mol. The molecular weight excluding hydrogens is 445 g/mol. The Hall–Kier alpha value is -3.21. The van der Waals surface area contributed by atoms with Crippen molar-refractivity contribution in [3.63, 3.8) is 0 Å². The third-order valence-electron chi connectivity index (χ3n) is 4.25. The van der Waals surface area contributed by atoms with Gasteiger partial charge in [0.1, 0.15) is 5.75 Å². The normalized spacial score (nSPS) is 11.2. The topological polar surface area (TPSA) is 79.5 Å². The fraction of sp³-hybridized carbons (Fsp3) is 0.286. The number of hydrogen-bond donors (Lipinski definition) is 1. The number of carbonyl (C=O) groups is 1. The zero-order valence-electron chi connectivity index (χ0n) is 17.2. The van der Waals surface area contributed by atoms with E-state index >= 15 is 0 Å². The van der Waals surface area contributed by atoms with Gasteiger partial charge in [0.2, 0.25) is 5.69 Å². The maximum Gasteiger partial charge on any atom is 0.573 e. The number of rotatable bonds is 9. The minimum absolute atomic E-state index is 0.292. The van der Waals surface area contributed by atoms with E-state index < -0.39 is 12.5 Å². The number of halogens is 3. The fourth-order valence-electron chi connectivity index (χ4n) is 2.76. The summed E-state index contributed by atoms with van der Waals surface area (Å²) in [4.78, 5) is 19.5. The number of benzene rings is 1. The summed E-state index contributed by atoms with van der Waals surface area (Å²) in [7, 11) is 0. The highest BCUT2D eigenvalue weighted by Gasteiger charge is 2.31. The van der Waals surface area contributed by atoms with Crippen molar-refractivity contribution in [2.24, 2.45) is 0 Å². The van der Waals surface area contributed by atoms with Gasteiger partial charge < -0.3 is 14.0 Å². The summed E-state index contributed by atoms with van der Waals surface area (Å²) in [5.41, 5.74) is 1.93. The molecule has 0 aliphatic carbocycles. The van der Waals surface area contributed by atoms with Crippen molar-refractivity contribution in [3.8, 4) is 17.0 Å². The monoisotopic (exact) mass is 467 g/mol. The van der Waals surface area contributed by atoms with Crippen LogP contribution in [0.3, 0.4) is 0 Å². The number of amides is 1. The van der Waals surface area contributed by atoms with Gasteiger partial charge in [0.25, 0.3) is 0 Å². The molecule has 0 atom stereocenters. The molecule has 1 aromatic carbocycles. The SMILES string of the molecule is CCCCOC(=O)NSc1ccc(OC(F)(F)F)cc1-c1ccc(Cn2ccnc2)c[nH+]1. The number of aromatic amines is 1. The van der Waals surface area contributed by atoms with Gasteiger partial charge in [-0.05, 0) is 42.6 Å². The molecular formula is C21H22F3N4O3S+. The molecule has 0 aliphatic rings. The number of ether oxygens (including phenoxy) is 2. The Bertz CT molecular complexity index is 1010. The molecule has 3 aromatic rings. The number of H-pyrrole nitrogens is 1. The smallest absolute Gasteiger partial charge is 0.449 e. The number of nitrogens with one attached hydrogen (secondary N) is 2. The van der Waals surface area contributed by atoms with Gasteiger partial charge in [-0.1, -0.05) is 13.3 Å². The number of hydrogen-bond acceptors (Lipinski definition) is 5. The van der Waals surface area contributed by atoms with Crippen LogP contribution in [-0.4, -0.2) is 28.6 Å². The maximum atomic E-state index is 12.7. The number of alkyl halides is 3. The fourth-order valence-corrected chi connectivity index (χ4v) is 3.42. The summed E-state index contributed by atoms with van der Waals surface area (Å²) in [6, 6.07) is 7.51. The second-order valence-corrected chi connectivity index (χ2v) is 7.59. The lowest BCUT2D eigenvalue weighted by molar-refractivity contribution is -0.365. The van der Waals surface area contributed by atoms with Gasteiger partial charge in [-0.15, -0.1) is 13.2 Å². The van der Waals surface area contributed by atoms with Crippen LogP contribution in [0.2, 0.25) is 0 Å². The Morgan fingerprint density at radius 3 is 2.78 bits per heavy atom. The Labute approximate surface area is 187 Å². The molecule has 0 bridgehead atoms. The predicted octanol–water partition coefficient (Wildman–Crippen LogP) is 4.84. The highest BCUT2D eigenvalue weighted by Crippen LogP contribution is 2.33. The third kappa shape index (κ3) is 7.19. The molecule has 0 spiro atoms. The second-order valence-electron chi connectivity index (χ2n) is 6.74. The standard InChI is InChI=1S/C21H21F3N4O3S/c1-2-3-10-30-20(29)27-32-19-7-5-16(31-21(22,23)24)11-17(19)18-6-4-15(12-26-18)13-28-9-8-25-14-28/h4-9,11-12,14H,2-3,10,13H2,1H3,(H,27,29)/p+1. The van der Waals surface area contributed by atoms with E-state index in [0.29, 0.717) is 29.3 Å². The largest absolute Gasteiger partial charge is 0.573 e. The lowest BCUT2D eigenvalue weighted by atomic mass is 10.1. The van der Waals surface area contributed by atoms with Crippen LogP contribution < -0.4 is 14.4 Å². The molecule has 2 aromatic heterocycles. The van der Waals surface area contributed by atoms with Gasteiger partial charge in [0.05, 0.1) is 25.0 Å². The highest BCUT2D eigenvalue weighted by molar-refractivity contribution is 7.98. The van der Waals surface area contributed by atoms with Crippen molar-refractivity contribution in [3.05, 3.63) is 60.8 Å². The Balaban J connectivity index is 1.80. The molecule has 0 unspecified atom stereocenters. The summed E-state index contributed by atoms with van der Waals surface area (Å²) in [5.74, 6) is -0.363. The molecule has 32 heavy (non-hydrogen) atoms. The minimum atomic E-state index is -4.81. The molecule has 0 radical (unpaired) electrons. The Morgan fingerprint density at radius 1 is 1.28 bits per heavy atom. The van der Waals surface area contributed by atoms with Crippen LogP contribution in [-0.2, 0) is 11.3 Å². The van der Waals surface area contributed by atoms with E-state index in [0.717, 1.165) is 30.4 Å². The van der Waals surface area contributed by atoms with E-state index in [1.165, 1.54) is 18.2 Å². The number of nitrogens with zero attached hydrogens (tertiary/aromatic N) is 2. The van der Waals surface area contributed by atoms with Gasteiger partial charge in [-0.2, -0.15) is 0 Å². The minimum Gasteiger partial charge on any atom is -0.449 e. The van der Waals surface area contributed by atoms with Crippen molar-refractivity contribution in [2.75, 3.05) is 6.61 Å². The van der Waals surface area contributed by atoms with Crippen molar-refractivity contribution < 1.29 is 32.4 Å². The van der Waals surface area contributed by atoms with E-state index in [9.17, 15) is 18.0 Å². The maximum absolute atomic E-state index is 12.7. The second kappa shape index (κ2) is 10.9. The molecule has 1 amide bonds. The first kappa shape index (κ1) is 23.5. The van der Waals surface area contributed by atoms with E-state index in [1.807, 2.05) is 23.8 Å². The van der Waals surface area contributed by atoms with Crippen LogP contribution >= 0.6 is 11.9 Å². The lowest BCUT2D eigenvalue weighted by Crippen LogP contribution is -2.19. The molecule has 11 heteroatoms. The molecule has 3 rings (SSSR count). The molecule has 2 N–H and O–H groups in total. The zero-order valence-corrected chi connectivity index (χ0v) is 18.0. The van der Waals surface area contributed by atoms with Crippen molar-refractivity contribution >= 4 is 18.0 Å². The summed E-state index contributed by atoms with van der Waals surface area (Å²) < 4.78 is 51.6. The van der Waals surface area contributed by atoms with Crippen LogP contribution in [0.1, 0.15) is 25.3 Å². The third-order valence-corrected chi connectivity index (χ3v) is 5.10. The number of unbranched alkanes of at least 4 members (excludes halogenated alkanes) is 1. The quantitative estimate of drug-likeness (QED) is 0.360. The van der Waals surface area contributed by atoms with E-state index in [1.54, 1.807) is 24.8 Å². The van der Waals surface area contributed by atoms with Gasteiger partial charge in [0, 0.05) is 28.9 Å². The molecule has 0 saturated carbocycles. The summed E-state index contributed by atoms with van der Waals surface area (Å²) in [5, 5.41) is 0. The van der Waals surface area contributed by atoms with Gasteiger partial charge in [-0.3, -0.25) is 4.72 Å². The lowest BCUT2D eigenvalue weighted by Gasteiger charge is -2.12.